The van der Waals surface area contributed by atoms with Gasteiger partial charge < -0.3 is 4.74 Å². The lowest BCUT2D eigenvalue weighted by Crippen LogP contribution is -2.32. The summed E-state index contributed by atoms with van der Waals surface area (Å²) in [6.07, 6.45) is 4.87. The maximum Gasteiger partial charge on any atom is 0.316 e. The van der Waals surface area contributed by atoms with E-state index >= 15 is 0 Å². The van der Waals surface area contributed by atoms with Gasteiger partial charge in [-0.15, -0.1) is 6.58 Å². The molecule has 0 amide bonds. The lowest BCUT2D eigenvalue weighted by molar-refractivity contribution is -0.145. The van der Waals surface area contributed by atoms with Crippen LogP contribution in [-0.4, -0.2) is 17.9 Å². The van der Waals surface area contributed by atoms with E-state index in [1.54, 1.807) is 19.1 Å². The van der Waals surface area contributed by atoms with Crippen LogP contribution in [0.5, 0.6) is 0 Å². The van der Waals surface area contributed by atoms with Crippen LogP contribution in [-0.2, 0) is 14.3 Å². The minimum Gasteiger partial charge on any atom is -0.457 e. The average Bonchev–Trinajstić information content (AvgIpc) is 2.41. The molecule has 0 N–H and O–H groups in total. The number of fused-ring (bicyclic) bond motifs is 1. The third-order valence-electron chi connectivity index (χ3n) is 3.17. The fourth-order valence-electron chi connectivity index (χ4n) is 2.05. The summed E-state index contributed by atoms with van der Waals surface area (Å²) in [7, 11) is 0. The van der Waals surface area contributed by atoms with Crippen LogP contribution in [0.25, 0.3) is 0 Å². The molecule has 3 nitrogen and oxygen atoms in total. The van der Waals surface area contributed by atoms with Crippen molar-refractivity contribution in [2.45, 2.75) is 19.4 Å². The summed E-state index contributed by atoms with van der Waals surface area (Å²) in [6, 6.07) is 0. The molecule has 2 aliphatic rings. The standard InChI is InChI=1S/C11H12O3/c1-3-11(2)8-6-7(12)4-5-9(8)14-10(11)13/h3-5,8-9H,1,6H2,2H3. The van der Waals surface area contributed by atoms with Crippen LogP contribution in [0.4, 0.5) is 0 Å². The Morgan fingerprint density at radius 1 is 1.64 bits per heavy atom. The Hall–Kier alpha value is -1.38. The summed E-state index contributed by atoms with van der Waals surface area (Å²) in [6.45, 7) is 5.42. The van der Waals surface area contributed by atoms with E-state index in [4.69, 9.17) is 4.74 Å². The van der Waals surface area contributed by atoms with Crippen molar-refractivity contribution in [3.63, 3.8) is 0 Å². The van der Waals surface area contributed by atoms with Crippen LogP contribution in [0, 0.1) is 11.3 Å². The maximum absolute atomic E-state index is 11.6. The van der Waals surface area contributed by atoms with Crippen molar-refractivity contribution < 1.29 is 14.3 Å². The number of allylic oxidation sites excluding steroid dienone is 1. The highest BCUT2D eigenvalue weighted by atomic mass is 16.6. The smallest absolute Gasteiger partial charge is 0.316 e. The molecular formula is C11H12O3. The molecule has 74 valence electrons. The Morgan fingerprint density at radius 2 is 2.36 bits per heavy atom. The van der Waals surface area contributed by atoms with Gasteiger partial charge in [0.2, 0.25) is 0 Å². The van der Waals surface area contributed by atoms with Crippen molar-refractivity contribution in [2.24, 2.45) is 11.3 Å². The molecule has 0 aromatic carbocycles. The molecule has 1 saturated heterocycles. The molecule has 0 bridgehead atoms. The molecular weight excluding hydrogens is 180 g/mol. The normalized spacial score (nSPS) is 40.6. The van der Waals surface area contributed by atoms with Gasteiger partial charge in [0.05, 0.1) is 5.41 Å². The van der Waals surface area contributed by atoms with Gasteiger partial charge in [-0.3, -0.25) is 9.59 Å². The number of ether oxygens (including phenoxy) is 1. The Balaban J connectivity index is 2.39. The van der Waals surface area contributed by atoms with Gasteiger partial charge in [-0.25, -0.2) is 0 Å². The molecule has 2 rings (SSSR count). The highest BCUT2D eigenvalue weighted by molar-refractivity contribution is 5.93. The topological polar surface area (TPSA) is 43.4 Å². The van der Waals surface area contributed by atoms with Crippen molar-refractivity contribution in [3.8, 4) is 0 Å². The van der Waals surface area contributed by atoms with E-state index in [2.05, 4.69) is 6.58 Å². The van der Waals surface area contributed by atoms with E-state index in [9.17, 15) is 9.59 Å². The Morgan fingerprint density at radius 3 is 3.00 bits per heavy atom. The van der Waals surface area contributed by atoms with Crippen LogP contribution in [0.15, 0.2) is 24.8 Å². The molecule has 0 radical (unpaired) electrons. The lowest BCUT2D eigenvalue weighted by Gasteiger charge is -2.25. The van der Waals surface area contributed by atoms with Gasteiger partial charge in [0.15, 0.2) is 5.78 Å². The highest BCUT2D eigenvalue weighted by Gasteiger charge is 2.52. The van der Waals surface area contributed by atoms with Crippen molar-refractivity contribution >= 4 is 11.8 Å². The second-order valence-corrected chi connectivity index (χ2v) is 3.99. The fraction of sp³-hybridized carbons (Fsp3) is 0.455. The summed E-state index contributed by atoms with van der Waals surface area (Å²) in [5.41, 5.74) is -0.703. The first-order valence-electron chi connectivity index (χ1n) is 4.63. The Kier molecular flexibility index (Phi) is 1.84. The first kappa shape index (κ1) is 9.19. The maximum atomic E-state index is 11.6. The number of ketones is 1. The molecule has 1 fully saturated rings. The third kappa shape index (κ3) is 1.05. The summed E-state index contributed by atoms with van der Waals surface area (Å²) in [4.78, 5) is 22.8. The molecule has 3 unspecified atom stereocenters. The minimum atomic E-state index is -0.703. The third-order valence-corrected chi connectivity index (χ3v) is 3.17. The van der Waals surface area contributed by atoms with Crippen LogP contribution in [0.3, 0.4) is 0 Å². The number of hydrogen-bond acceptors (Lipinski definition) is 3. The summed E-state index contributed by atoms with van der Waals surface area (Å²) in [5, 5.41) is 0. The molecule has 14 heavy (non-hydrogen) atoms. The second kappa shape index (κ2) is 2.80. The first-order valence-corrected chi connectivity index (χ1v) is 4.63. The van der Waals surface area contributed by atoms with Crippen molar-refractivity contribution in [3.05, 3.63) is 24.8 Å². The van der Waals surface area contributed by atoms with Crippen molar-refractivity contribution in [1.82, 2.24) is 0 Å². The van der Waals surface area contributed by atoms with Crippen LogP contribution in [0.1, 0.15) is 13.3 Å². The zero-order valence-corrected chi connectivity index (χ0v) is 8.03. The average molecular weight is 192 g/mol. The van der Waals surface area contributed by atoms with Gasteiger partial charge in [0.25, 0.3) is 0 Å². The molecule has 1 aliphatic heterocycles. The first-order chi connectivity index (χ1) is 6.58. The zero-order chi connectivity index (χ0) is 10.3. The Labute approximate surface area is 82.4 Å². The molecule has 1 heterocycles. The summed E-state index contributed by atoms with van der Waals surface area (Å²) < 4.78 is 5.17. The molecule has 0 aromatic heterocycles. The number of hydrogen-bond donors (Lipinski definition) is 0. The van der Waals surface area contributed by atoms with E-state index in [1.165, 1.54) is 6.08 Å². The Bertz CT molecular complexity index is 342. The molecule has 0 spiro atoms. The monoisotopic (exact) mass is 192 g/mol. The van der Waals surface area contributed by atoms with E-state index in [-0.39, 0.29) is 23.8 Å². The highest BCUT2D eigenvalue weighted by Crippen LogP contribution is 2.44. The van der Waals surface area contributed by atoms with E-state index in [0.29, 0.717) is 6.42 Å². The molecule has 3 atom stereocenters. The number of carbonyl (C=O) groups is 2. The lowest BCUT2D eigenvalue weighted by atomic mass is 9.72. The molecule has 0 aromatic rings. The van der Waals surface area contributed by atoms with Crippen molar-refractivity contribution in [2.75, 3.05) is 0 Å². The molecule has 3 heteroatoms. The van der Waals surface area contributed by atoms with Gasteiger partial charge in [0, 0.05) is 12.3 Å². The second-order valence-electron chi connectivity index (χ2n) is 3.99. The van der Waals surface area contributed by atoms with Gasteiger partial charge in [-0.2, -0.15) is 0 Å². The van der Waals surface area contributed by atoms with E-state index < -0.39 is 5.41 Å². The van der Waals surface area contributed by atoms with Gasteiger partial charge in [-0.05, 0) is 19.1 Å². The van der Waals surface area contributed by atoms with Gasteiger partial charge in [-0.1, -0.05) is 6.08 Å². The number of rotatable bonds is 1. The zero-order valence-electron chi connectivity index (χ0n) is 8.03. The van der Waals surface area contributed by atoms with Gasteiger partial charge in [0.1, 0.15) is 6.10 Å². The number of esters is 1. The van der Waals surface area contributed by atoms with Crippen molar-refractivity contribution in [1.29, 1.82) is 0 Å². The quantitative estimate of drug-likeness (QED) is 0.464. The molecule has 0 saturated carbocycles. The largest absolute Gasteiger partial charge is 0.457 e. The van der Waals surface area contributed by atoms with Crippen LogP contribution < -0.4 is 0 Å². The predicted molar refractivity (Wildman–Crippen MR) is 50.4 cm³/mol. The SMILES string of the molecule is C=CC1(C)C(=O)OC2C=CC(=O)CC21. The minimum absolute atomic E-state index is 0.0534. The van der Waals surface area contributed by atoms with E-state index in [0.717, 1.165) is 0 Å². The van der Waals surface area contributed by atoms with E-state index in [1.807, 2.05) is 0 Å². The summed E-state index contributed by atoms with van der Waals surface area (Å²) in [5.74, 6) is -0.301. The van der Waals surface area contributed by atoms with Crippen LogP contribution in [0.2, 0.25) is 0 Å². The molecule has 1 aliphatic carbocycles. The summed E-state index contributed by atoms with van der Waals surface area (Å²) >= 11 is 0. The number of carbonyl (C=O) groups excluding carboxylic acids is 2. The van der Waals surface area contributed by atoms with Crippen LogP contribution >= 0.6 is 0 Å². The van der Waals surface area contributed by atoms with Gasteiger partial charge >= 0.3 is 5.97 Å². The fourth-order valence-corrected chi connectivity index (χ4v) is 2.05. The predicted octanol–water partition coefficient (Wildman–Crippen LogP) is 1.25.